The number of nitrogens with one attached hydrogen (secondary N) is 1. The molecule has 0 saturated heterocycles. The number of hydrogen-bond donors (Lipinski definition) is 2. The molecule has 0 saturated carbocycles. The number of aliphatic hydroxyl groups excluding tert-OH is 1. The van der Waals surface area contributed by atoms with E-state index in [-0.39, 0.29) is 5.56 Å². The largest absolute Gasteiger partial charge is 0.392 e. The van der Waals surface area contributed by atoms with Gasteiger partial charge in [-0.25, -0.2) is 4.98 Å². The molecule has 166 valence electrons. The first-order chi connectivity index (χ1) is 14.9. The summed E-state index contributed by atoms with van der Waals surface area (Å²) in [6.45, 7) is 9.92. The van der Waals surface area contributed by atoms with E-state index in [1.54, 1.807) is 13.2 Å². The van der Waals surface area contributed by atoms with Crippen molar-refractivity contribution in [3.05, 3.63) is 63.5 Å². The van der Waals surface area contributed by atoms with E-state index in [0.29, 0.717) is 43.9 Å². The lowest BCUT2D eigenvalue weighted by Crippen LogP contribution is -2.35. The number of H-pyrrole nitrogens is 1. The molecule has 0 radical (unpaired) electrons. The zero-order chi connectivity index (χ0) is 22.4. The van der Waals surface area contributed by atoms with Gasteiger partial charge in [-0.2, -0.15) is 0 Å². The Labute approximate surface area is 187 Å². The predicted molar refractivity (Wildman–Crippen MR) is 128 cm³/mol. The van der Waals surface area contributed by atoms with E-state index in [9.17, 15) is 9.90 Å². The molecule has 3 aromatic rings. The van der Waals surface area contributed by atoms with Crippen LogP contribution in [0.15, 0.2) is 41.0 Å². The number of benzene rings is 1. The Bertz CT molecular complexity index is 1090. The van der Waals surface area contributed by atoms with Crippen molar-refractivity contribution in [2.45, 2.75) is 39.3 Å². The summed E-state index contributed by atoms with van der Waals surface area (Å²) in [6, 6.07) is 6.27. The Hall–Kier alpha value is -2.32. The molecular formula is C24H31N3O3S. The van der Waals surface area contributed by atoms with Gasteiger partial charge in [-0.1, -0.05) is 29.8 Å². The van der Waals surface area contributed by atoms with Crippen LogP contribution in [0.2, 0.25) is 0 Å². The van der Waals surface area contributed by atoms with E-state index < -0.39 is 6.10 Å². The maximum atomic E-state index is 13.0. The standard InChI is InChI=1S/C24H31N3O3S/c1-5-6-7-18(28)13-27(10-11-30-4)14-21-25-23(29)22-20(15-31-24(22)26-21)19-12-16(2)8-9-17(19)3/h5,8-9,12,15,18,28H,1,6-7,10-11,13-14H2,2-4H3,(H,25,26,29). The molecule has 7 heteroatoms. The van der Waals surface area contributed by atoms with Crippen LogP contribution in [0.1, 0.15) is 29.8 Å². The van der Waals surface area contributed by atoms with Gasteiger partial charge in [0.1, 0.15) is 10.7 Å². The first kappa shape index (κ1) is 23.3. The van der Waals surface area contributed by atoms with Crippen molar-refractivity contribution in [2.75, 3.05) is 26.8 Å². The van der Waals surface area contributed by atoms with Crippen LogP contribution in [0.5, 0.6) is 0 Å². The van der Waals surface area contributed by atoms with Crippen molar-refractivity contribution in [1.82, 2.24) is 14.9 Å². The average Bonchev–Trinajstić information content (AvgIpc) is 3.16. The van der Waals surface area contributed by atoms with E-state index in [0.717, 1.165) is 33.5 Å². The van der Waals surface area contributed by atoms with Crippen molar-refractivity contribution < 1.29 is 9.84 Å². The quantitative estimate of drug-likeness (QED) is 0.439. The summed E-state index contributed by atoms with van der Waals surface area (Å²) in [7, 11) is 1.65. The van der Waals surface area contributed by atoms with Crippen molar-refractivity contribution in [1.29, 1.82) is 0 Å². The van der Waals surface area contributed by atoms with Crippen LogP contribution in [-0.2, 0) is 11.3 Å². The predicted octanol–water partition coefficient (Wildman–Crippen LogP) is 4.04. The lowest BCUT2D eigenvalue weighted by molar-refractivity contribution is 0.0796. The molecule has 0 aliphatic carbocycles. The Morgan fingerprint density at radius 1 is 1.35 bits per heavy atom. The highest BCUT2D eigenvalue weighted by Gasteiger charge is 2.17. The van der Waals surface area contributed by atoms with Crippen molar-refractivity contribution in [3.63, 3.8) is 0 Å². The third-order valence-electron chi connectivity index (χ3n) is 5.33. The Balaban J connectivity index is 1.88. The molecule has 0 aliphatic rings. The number of hydrogen-bond acceptors (Lipinski definition) is 6. The smallest absolute Gasteiger partial charge is 0.260 e. The summed E-state index contributed by atoms with van der Waals surface area (Å²) in [5, 5.41) is 13.0. The number of ether oxygens (including phenoxy) is 1. The van der Waals surface area contributed by atoms with Crippen molar-refractivity contribution >= 4 is 21.6 Å². The highest BCUT2D eigenvalue weighted by atomic mass is 32.1. The maximum Gasteiger partial charge on any atom is 0.260 e. The minimum Gasteiger partial charge on any atom is -0.392 e. The molecule has 0 amide bonds. The van der Waals surface area contributed by atoms with Crippen molar-refractivity contribution in [2.24, 2.45) is 0 Å². The van der Waals surface area contributed by atoms with Gasteiger partial charge in [0, 0.05) is 31.1 Å². The highest BCUT2D eigenvalue weighted by molar-refractivity contribution is 7.17. The van der Waals surface area contributed by atoms with Crippen LogP contribution in [0.25, 0.3) is 21.3 Å². The molecular weight excluding hydrogens is 410 g/mol. The number of aliphatic hydroxyl groups is 1. The lowest BCUT2D eigenvalue weighted by atomic mass is 9.99. The molecule has 1 atom stereocenters. The molecule has 0 aliphatic heterocycles. The lowest BCUT2D eigenvalue weighted by Gasteiger charge is -2.24. The van der Waals surface area contributed by atoms with Gasteiger partial charge < -0.3 is 14.8 Å². The van der Waals surface area contributed by atoms with Gasteiger partial charge in [0.2, 0.25) is 0 Å². The highest BCUT2D eigenvalue weighted by Crippen LogP contribution is 2.33. The van der Waals surface area contributed by atoms with Crippen molar-refractivity contribution in [3.8, 4) is 11.1 Å². The van der Waals surface area contributed by atoms with Gasteiger partial charge in [0.05, 0.1) is 24.6 Å². The van der Waals surface area contributed by atoms with E-state index >= 15 is 0 Å². The normalized spacial score (nSPS) is 12.5. The van der Waals surface area contributed by atoms with E-state index in [4.69, 9.17) is 9.72 Å². The second kappa shape index (κ2) is 10.8. The Kier molecular flexibility index (Phi) is 8.15. The Morgan fingerprint density at radius 3 is 2.90 bits per heavy atom. The third kappa shape index (κ3) is 5.89. The summed E-state index contributed by atoms with van der Waals surface area (Å²) in [4.78, 5) is 23.5. The van der Waals surface area contributed by atoms with Crippen LogP contribution < -0.4 is 5.56 Å². The summed E-state index contributed by atoms with van der Waals surface area (Å²) in [5.74, 6) is 0.596. The van der Waals surface area contributed by atoms with E-state index in [1.165, 1.54) is 11.3 Å². The number of methoxy groups -OCH3 is 1. The van der Waals surface area contributed by atoms with Crippen LogP contribution in [0.3, 0.4) is 0 Å². The first-order valence-electron chi connectivity index (χ1n) is 10.5. The van der Waals surface area contributed by atoms with Gasteiger partial charge in [0.25, 0.3) is 5.56 Å². The fraction of sp³-hybridized carbons (Fsp3) is 0.417. The van der Waals surface area contributed by atoms with Crippen LogP contribution in [0.4, 0.5) is 0 Å². The number of nitrogens with zero attached hydrogens (tertiary/aromatic N) is 2. The Morgan fingerprint density at radius 2 is 2.16 bits per heavy atom. The fourth-order valence-corrected chi connectivity index (χ4v) is 4.62. The molecule has 6 nitrogen and oxygen atoms in total. The molecule has 1 unspecified atom stereocenters. The van der Waals surface area contributed by atoms with E-state index in [1.807, 2.05) is 5.38 Å². The molecule has 0 bridgehead atoms. The van der Waals surface area contributed by atoms with Crippen LogP contribution in [0, 0.1) is 13.8 Å². The number of aromatic nitrogens is 2. The minimum absolute atomic E-state index is 0.129. The second-order valence-electron chi connectivity index (χ2n) is 7.91. The monoisotopic (exact) mass is 441 g/mol. The summed E-state index contributed by atoms with van der Waals surface area (Å²) < 4.78 is 5.21. The molecule has 3 rings (SSSR count). The molecule has 1 aromatic carbocycles. The zero-order valence-corrected chi connectivity index (χ0v) is 19.3. The summed E-state index contributed by atoms with van der Waals surface area (Å²) in [6.07, 6.45) is 2.75. The number of aryl methyl sites for hydroxylation is 2. The van der Waals surface area contributed by atoms with E-state index in [2.05, 4.69) is 48.5 Å². The number of aromatic amines is 1. The number of allylic oxidation sites excluding steroid dienone is 1. The maximum absolute atomic E-state index is 13.0. The van der Waals surface area contributed by atoms with Gasteiger partial charge in [-0.3, -0.25) is 9.69 Å². The zero-order valence-electron chi connectivity index (χ0n) is 18.5. The number of rotatable bonds is 11. The van der Waals surface area contributed by atoms with Crippen LogP contribution in [-0.4, -0.2) is 52.9 Å². The third-order valence-corrected chi connectivity index (χ3v) is 6.21. The SMILES string of the molecule is C=CCCC(O)CN(CCOC)Cc1nc2scc(-c3cc(C)ccc3C)c2c(=O)[nH]1. The second-order valence-corrected chi connectivity index (χ2v) is 8.77. The average molecular weight is 442 g/mol. The minimum atomic E-state index is -0.469. The topological polar surface area (TPSA) is 78.5 Å². The summed E-state index contributed by atoms with van der Waals surface area (Å²) in [5.41, 5.74) is 4.16. The molecule has 2 N–H and O–H groups in total. The number of fused-ring (bicyclic) bond motifs is 1. The van der Waals surface area contributed by atoms with Crippen LogP contribution >= 0.6 is 11.3 Å². The number of thiophene rings is 1. The summed E-state index contributed by atoms with van der Waals surface area (Å²) >= 11 is 1.49. The molecule has 2 heterocycles. The molecule has 2 aromatic heterocycles. The fourth-order valence-electron chi connectivity index (χ4n) is 3.66. The first-order valence-corrected chi connectivity index (χ1v) is 11.4. The molecule has 0 fully saturated rings. The van der Waals surface area contributed by atoms with Gasteiger partial charge in [-0.15, -0.1) is 17.9 Å². The van der Waals surface area contributed by atoms with Gasteiger partial charge >= 0.3 is 0 Å². The molecule has 0 spiro atoms. The van der Waals surface area contributed by atoms with Gasteiger partial charge in [-0.05, 0) is 37.8 Å². The molecule has 31 heavy (non-hydrogen) atoms. The van der Waals surface area contributed by atoms with Gasteiger partial charge in [0.15, 0.2) is 0 Å².